The number of hydrogen-bond acceptors (Lipinski definition) is 4. The summed E-state index contributed by atoms with van der Waals surface area (Å²) in [5.74, 6) is 0. The van der Waals surface area contributed by atoms with Crippen LogP contribution >= 0.6 is 0 Å². The zero-order valence-electron chi connectivity index (χ0n) is 12.5. The number of nitrogens with one attached hydrogen (secondary N) is 1. The maximum atomic E-state index is 6.24. The Morgan fingerprint density at radius 1 is 1.10 bits per heavy atom. The van der Waals surface area contributed by atoms with Gasteiger partial charge in [0.05, 0.1) is 13.2 Å². The molecule has 1 aromatic carbocycles. The molecule has 0 fully saturated rings. The maximum absolute atomic E-state index is 6.24. The molecule has 4 nitrogen and oxygen atoms in total. The predicted molar refractivity (Wildman–Crippen MR) is 82.2 cm³/mol. The lowest BCUT2D eigenvalue weighted by atomic mass is 9.95. The summed E-state index contributed by atoms with van der Waals surface area (Å²) in [5, 5.41) is 3.48. The second kappa shape index (κ2) is 5.64. The molecule has 1 N–H and O–H groups in total. The van der Waals surface area contributed by atoms with Gasteiger partial charge < -0.3 is 19.5 Å². The average molecular weight is 287 g/mol. The Bertz CT molecular complexity index is 554. The lowest BCUT2D eigenvalue weighted by Gasteiger charge is -2.38. The minimum absolute atomic E-state index is 0.404. The molecular weight excluding hydrogens is 266 g/mol. The Hall–Kier alpha value is -1.62. The van der Waals surface area contributed by atoms with Crippen molar-refractivity contribution in [1.82, 2.24) is 0 Å². The van der Waals surface area contributed by atoms with Gasteiger partial charge in [0.1, 0.15) is 11.2 Å². The van der Waals surface area contributed by atoms with Crippen LogP contribution in [0.3, 0.4) is 0 Å². The summed E-state index contributed by atoms with van der Waals surface area (Å²) in [6.45, 7) is 1.03. The third-order valence-electron chi connectivity index (χ3n) is 3.81. The lowest BCUT2D eigenvalue weighted by Crippen LogP contribution is -2.46. The van der Waals surface area contributed by atoms with Crippen LogP contribution in [0.15, 0.2) is 54.3 Å². The second-order valence-electron chi connectivity index (χ2n) is 5.66. The SMILES string of the molecule is COCC12C=CC(COC)(CC(Nc3ccccc3)=C1)O2. The number of methoxy groups -OCH3 is 2. The van der Waals surface area contributed by atoms with Crippen molar-refractivity contribution in [3.63, 3.8) is 0 Å². The number of benzene rings is 1. The van der Waals surface area contributed by atoms with E-state index in [1.165, 1.54) is 0 Å². The maximum Gasteiger partial charge on any atom is 0.131 e. The quantitative estimate of drug-likeness (QED) is 0.817. The van der Waals surface area contributed by atoms with Crippen molar-refractivity contribution < 1.29 is 14.2 Å². The Labute approximate surface area is 125 Å². The molecule has 0 saturated heterocycles. The fraction of sp³-hybridized carbons (Fsp3) is 0.412. The highest BCUT2D eigenvalue weighted by Crippen LogP contribution is 2.42. The van der Waals surface area contributed by atoms with Crippen molar-refractivity contribution in [2.45, 2.75) is 17.6 Å². The van der Waals surface area contributed by atoms with Gasteiger partial charge in [0.25, 0.3) is 0 Å². The van der Waals surface area contributed by atoms with Crippen molar-refractivity contribution in [1.29, 1.82) is 0 Å². The molecule has 2 bridgehead atoms. The molecule has 4 heteroatoms. The second-order valence-corrected chi connectivity index (χ2v) is 5.66. The molecule has 1 aromatic rings. The van der Waals surface area contributed by atoms with E-state index in [0.717, 1.165) is 17.8 Å². The van der Waals surface area contributed by atoms with E-state index in [1.54, 1.807) is 14.2 Å². The number of ether oxygens (including phenoxy) is 3. The van der Waals surface area contributed by atoms with Crippen LogP contribution in [-0.2, 0) is 14.2 Å². The molecule has 0 amide bonds. The van der Waals surface area contributed by atoms with Crippen LogP contribution in [0.5, 0.6) is 0 Å². The Morgan fingerprint density at radius 3 is 2.57 bits per heavy atom. The number of para-hydroxylation sites is 1. The van der Waals surface area contributed by atoms with Crippen molar-refractivity contribution in [2.75, 3.05) is 32.8 Å². The Balaban J connectivity index is 1.86. The predicted octanol–water partition coefficient (Wildman–Crippen LogP) is 2.74. The van der Waals surface area contributed by atoms with Gasteiger partial charge in [-0.1, -0.05) is 24.3 Å². The first-order valence-corrected chi connectivity index (χ1v) is 7.12. The van der Waals surface area contributed by atoms with Crippen LogP contribution in [0.4, 0.5) is 5.69 Å². The molecule has 2 unspecified atom stereocenters. The van der Waals surface area contributed by atoms with Crippen molar-refractivity contribution in [3.05, 3.63) is 54.3 Å². The Kier molecular flexibility index (Phi) is 3.85. The van der Waals surface area contributed by atoms with E-state index in [0.29, 0.717) is 13.2 Å². The molecular formula is C17H21NO3. The van der Waals surface area contributed by atoms with Crippen LogP contribution in [0, 0.1) is 0 Å². The first kappa shape index (κ1) is 14.3. The number of hydrogen-bond donors (Lipinski definition) is 1. The van der Waals surface area contributed by atoms with Gasteiger partial charge >= 0.3 is 0 Å². The summed E-state index contributed by atoms with van der Waals surface area (Å²) in [4.78, 5) is 0. The Morgan fingerprint density at radius 2 is 1.86 bits per heavy atom. The molecule has 0 radical (unpaired) electrons. The van der Waals surface area contributed by atoms with Gasteiger partial charge in [-0.3, -0.25) is 0 Å². The van der Waals surface area contributed by atoms with Crippen molar-refractivity contribution in [2.24, 2.45) is 0 Å². The molecule has 21 heavy (non-hydrogen) atoms. The fourth-order valence-electron chi connectivity index (χ4n) is 3.09. The number of anilines is 1. The van der Waals surface area contributed by atoms with Crippen molar-refractivity contribution in [3.8, 4) is 0 Å². The molecule has 2 aliphatic heterocycles. The number of rotatable bonds is 6. The van der Waals surface area contributed by atoms with Crippen LogP contribution in [-0.4, -0.2) is 38.6 Å². The number of fused-ring (bicyclic) bond motifs is 2. The molecule has 3 rings (SSSR count). The highest BCUT2D eigenvalue weighted by molar-refractivity contribution is 5.50. The summed E-state index contributed by atoms with van der Waals surface area (Å²) in [5.41, 5.74) is 1.30. The molecule has 2 aliphatic rings. The van der Waals surface area contributed by atoms with E-state index in [1.807, 2.05) is 18.2 Å². The monoisotopic (exact) mass is 287 g/mol. The van der Waals surface area contributed by atoms with E-state index in [2.05, 4.69) is 35.7 Å². The van der Waals surface area contributed by atoms with Gasteiger partial charge in [0, 0.05) is 32.0 Å². The lowest BCUT2D eigenvalue weighted by molar-refractivity contribution is -0.124. The third-order valence-corrected chi connectivity index (χ3v) is 3.81. The molecule has 0 aromatic heterocycles. The summed E-state index contributed by atoms with van der Waals surface area (Å²) in [6, 6.07) is 10.2. The van der Waals surface area contributed by atoms with Gasteiger partial charge in [-0.15, -0.1) is 0 Å². The zero-order valence-corrected chi connectivity index (χ0v) is 12.5. The minimum Gasteiger partial charge on any atom is -0.381 e. The molecule has 0 aliphatic carbocycles. The summed E-state index contributed by atoms with van der Waals surface area (Å²) in [7, 11) is 3.39. The van der Waals surface area contributed by atoms with E-state index in [9.17, 15) is 0 Å². The molecule has 2 atom stereocenters. The van der Waals surface area contributed by atoms with Gasteiger partial charge in [0.15, 0.2) is 0 Å². The van der Waals surface area contributed by atoms with Crippen molar-refractivity contribution >= 4 is 5.69 Å². The van der Waals surface area contributed by atoms with E-state index >= 15 is 0 Å². The summed E-state index contributed by atoms with van der Waals surface area (Å²) in [6.07, 6.45) is 7.06. The highest BCUT2D eigenvalue weighted by Gasteiger charge is 2.48. The normalized spacial score (nSPS) is 30.3. The molecule has 2 heterocycles. The molecule has 112 valence electrons. The third kappa shape index (κ3) is 2.88. The highest BCUT2D eigenvalue weighted by atomic mass is 16.6. The van der Waals surface area contributed by atoms with E-state index in [-0.39, 0.29) is 0 Å². The largest absolute Gasteiger partial charge is 0.381 e. The van der Waals surface area contributed by atoms with Gasteiger partial charge in [-0.2, -0.15) is 0 Å². The fourth-order valence-corrected chi connectivity index (χ4v) is 3.09. The summed E-state index contributed by atoms with van der Waals surface area (Å²) >= 11 is 0. The standard InChI is InChI=1S/C17H21NO3/c1-19-12-16-8-9-17(21-16,13-20-2)11-15(10-16)18-14-6-4-3-5-7-14/h3-10,18H,11-13H2,1-2H3. The van der Waals surface area contributed by atoms with Gasteiger partial charge in [-0.25, -0.2) is 0 Å². The summed E-state index contributed by atoms with van der Waals surface area (Å²) < 4.78 is 16.9. The first-order valence-electron chi connectivity index (χ1n) is 7.12. The van der Waals surface area contributed by atoms with E-state index in [4.69, 9.17) is 14.2 Å². The van der Waals surface area contributed by atoms with Crippen LogP contribution in [0.25, 0.3) is 0 Å². The first-order chi connectivity index (χ1) is 10.2. The van der Waals surface area contributed by atoms with Crippen LogP contribution < -0.4 is 5.32 Å². The zero-order chi connectivity index (χ0) is 14.8. The molecule has 0 saturated carbocycles. The smallest absolute Gasteiger partial charge is 0.131 e. The minimum atomic E-state index is -0.497. The topological polar surface area (TPSA) is 39.7 Å². The van der Waals surface area contributed by atoms with Crippen LogP contribution in [0.1, 0.15) is 6.42 Å². The van der Waals surface area contributed by atoms with E-state index < -0.39 is 11.2 Å². The van der Waals surface area contributed by atoms with Gasteiger partial charge in [-0.05, 0) is 24.3 Å². The van der Waals surface area contributed by atoms with Gasteiger partial charge in [0.2, 0.25) is 0 Å². The van der Waals surface area contributed by atoms with Crippen LogP contribution in [0.2, 0.25) is 0 Å². The average Bonchev–Trinajstić information content (AvgIpc) is 2.72. The molecule has 0 spiro atoms.